The average Bonchev–Trinajstić information content (AvgIpc) is 3.26. The number of hydrogen-bond donors (Lipinski definition) is 1. The van der Waals surface area contributed by atoms with Crippen LogP contribution >= 0.6 is 57.2 Å². The van der Waals surface area contributed by atoms with Crippen molar-refractivity contribution in [3.63, 3.8) is 0 Å². The molecule has 0 atom stereocenters. The van der Waals surface area contributed by atoms with Crippen LogP contribution in [0, 0.1) is 7.14 Å². The maximum atomic E-state index is 11.4. The summed E-state index contributed by atoms with van der Waals surface area (Å²) in [4.78, 5) is 2.17. The summed E-state index contributed by atoms with van der Waals surface area (Å²) in [5.41, 5.74) is 6.49. The number of benzene rings is 2. The molecule has 0 saturated carbocycles. The van der Waals surface area contributed by atoms with E-state index in [1.165, 1.54) is 26.1 Å². The molecule has 232 valence electrons. The minimum absolute atomic E-state index is 0.197. The number of halogens is 2. The third kappa shape index (κ3) is 8.12. The van der Waals surface area contributed by atoms with Gasteiger partial charge in [-0.1, -0.05) is 32.1 Å². The van der Waals surface area contributed by atoms with Crippen molar-refractivity contribution in [3.05, 3.63) is 90.7 Å². The second-order valence-electron chi connectivity index (χ2n) is 11.5. The molecule has 2 aromatic carbocycles. The van der Waals surface area contributed by atoms with Crippen LogP contribution in [0.25, 0.3) is 0 Å². The zero-order chi connectivity index (χ0) is 31.4. The zero-order valence-electron chi connectivity index (χ0n) is 24.5. The van der Waals surface area contributed by atoms with Gasteiger partial charge in [-0.15, -0.1) is 0 Å². The molecule has 2 aliphatic heterocycles. The summed E-state index contributed by atoms with van der Waals surface area (Å²) in [5, 5.41) is 13.6. The lowest BCUT2D eigenvalue weighted by molar-refractivity contribution is -0.777. The van der Waals surface area contributed by atoms with E-state index in [1.807, 2.05) is 12.2 Å². The molecule has 2 heterocycles. The van der Waals surface area contributed by atoms with Gasteiger partial charge >= 0.3 is 0 Å². The van der Waals surface area contributed by atoms with Gasteiger partial charge in [0, 0.05) is 72.4 Å². The summed E-state index contributed by atoms with van der Waals surface area (Å²) in [6, 6.07) is 12.9. The van der Waals surface area contributed by atoms with Gasteiger partial charge in [0.25, 0.3) is 10.1 Å². The first-order valence-electron chi connectivity index (χ1n) is 13.9. The molecule has 0 aromatic heterocycles. The van der Waals surface area contributed by atoms with Gasteiger partial charge in [-0.2, -0.15) is 17.3 Å². The Balaban J connectivity index is 1.60. The minimum atomic E-state index is -4.03. The van der Waals surface area contributed by atoms with Crippen molar-refractivity contribution in [1.82, 2.24) is 0 Å². The highest BCUT2D eigenvalue weighted by Crippen LogP contribution is 2.48. The highest BCUT2D eigenvalue weighted by Gasteiger charge is 2.44. The normalized spacial score (nSPS) is 18.4. The molecule has 0 unspecified atom stereocenters. The van der Waals surface area contributed by atoms with Crippen LogP contribution in [0.3, 0.4) is 0 Å². The largest absolute Gasteiger partial charge is 0.691 e. The summed E-state index contributed by atoms with van der Waals surface area (Å²) in [7, 11) is -4.03. The molecule has 0 saturated heterocycles. The Bertz CT molecular complexity index is 1580. The third-order valence-electron chi connectivity index (χ3n) is 7.91. The van der Waals surface area contributed by atoms with E-state index in [0.29, 0.717) is 18.7 Å². The van der Waals surface area contributed by atoms with E-state index in [-0.39, 0.29) is 16.6 Å². The summed E-state index contributed by atoms with van der Waals surface area (Å²) in [5.74, 6) is 0.348. The fourth-order valence-electron chi connectivity index (χ4n) is 5.88. The fraction of sp³-hybridized carbons (Fsp3) is 0.387. The Labute approximate surface area is 286 Å². The Kier molecular flexibility index (Phi) is 11.6. The Morgan fingerprint density at radius 3 is 2.40 bits per heavy atom. The molecule has 1 N–H and O–H groups in total. The summed E-state index contributed by atoms with van der Waals surface area (Å²) in [6.07, 6.45) is 11.5. The zero-order valence-corrected chi connectivity index (χ0v) is 30.5. The van der Waals surface area contributed by atoms with Gasteiger partial charge in [0.1, 0.15) is 6.54 Å². The molecule has 0 radical (unpaired) electrons. The van der Waals surface area contributed by atoms with Crippen molar-refractivity contribution in [2.24, 2.45) is 0 Å². The predicted octanol–water partition coefficient (Wildman–Crippen LogP) is 6.61. The summed E-state index contributed by atoms with van der Waals surface area (Å²) in [6.45, 7) is 10.1. The minimum Gasteiger partial charge on any atom is -0.691 e. The maximum Gasteiger partial charge on any atom is 0.264 e. The van der Waals surface area contributed by atoms with Gasteiger partial charge in [0.05, 0.1) is 11.2 Å². The molecule has 8 nitrogen and oxygen atoms in total. The lowest BCUT2D eigenvalue weighted by atomic mass is 9.81. The molecular weight excluding hydrogens is 814 g/mol. The third-order valence-corrected chi connectivity index (χ3v) is 10.7. The van der Waals surface area contributed by atoms with Gasteiger partial charge in [0.2, 0.25) is 5.69 Å². The average molecular weight is 851 g/mol. The van der Waals surface area contributed by atoms with Gasteiger partial charge in [-0.25, -0.2) is 0 Å². The van der Waals surface area contributed by atoms with Gasteiger partial charge < -0.3 is 10.2 Å². The number of fused-ring (bicyclic) bond motifs is 2. The lowest BCUT2D eigenvalue weighted by Gasteiger charge is -2.27. The Morgan fingerprint density at radius 1 is 1.00 bits per heavy atom. The van der Waals surface area contributed by atoms with Crippen LogP contribution in [0.1, 0.15) is 51.7 Å². The first kappa shape index (κ1) is 34.6. The molecule has 0 spiro atoms. The van der Waals surface area contributed by atoms with Crippen LogP contribution in [0.2, 0.25) is 0 Å². The molecular formula is C31H36I2N2O6S2. The molecule has 4 rings (SSSR count). The van der Waals surface area contributed by atoms with E-state index < -0.39 is 10.1 Å². The second-order valence-corrected chi connectivity index (χ2v) is 16.4. The first-order chi connectivity index (χ1) is 20.3. The van der Waals surface area contributed by atoms with E-state index in [9.17, 15) is 18.2 Å². The number of allylic oxidation sites excluding steroid dienone is 6. The van der Waals surface area contributed by atoms with Crippen molar-refractivity contribution in [1.29, 1.82) is 0 Å². The van der Waals surface area contributed by atoms with Crippen molar-refractivity contribution < 1.29 is 32.2 Å². The lowest BCUT2D eigenvalue weighted by Crippen LogP contribution is -2.28. The van der Waals surface area contributed by atoms with Crippen molar-refractivity contribution in [3.8, 4) is 0 Å². The maximum absolute atomic E-state index is 11.4. The SMILES string of the molecule is CC1(C)C(/C=C/C=C/C=C2\N(CCCS(=O)(=O)O)c3ccc(I)cc3C2(C)C)=[N+](CCCSOO[O-])c2ccc(I)cc21. The highest BCUT2D eigenvalue weighted by atomic mass is 127. The second kappa shape index (κ2) is 14.4. The molecule has 0 aliphatic carbocycles. The number of anilines is 1. The first-order valence-corrected chi connectivity index (χ1v) is 18.6. The van der Waals surface area contributed by atoms with Crippen molar-refractivity contribution >= 4 is 84.4 Å². The fourth-order valence-corrected chi connectivity index (χ4v) is 7.71. The van der Waals surface area contributed by atoms with Gasteiger partial charge in [-0.3, -0.25) is 9.59 Å². The van der Waals surface area contributed by atoms with E-state index in [2.05, 4.69) is 146 Å². The standard InChI is InChI=1S/C31H36I2N2O6S2/c1-30(2)24-20-22(32)12-14-26(24)34(16-8-18-42-41-40-36)28(30)10-6-5-7-11-29-31(3,4)25-21-23(33)13-15-27(25)35(29)17-9-19-43(37,38)39/h5-7,10-15,20-21H,8-9,16-19H2,1-4H3,(H-,36,37,38,39). The van der Waals surface area contributed by atoms with E-state index in [1.54, 1.807) is 0 Å². The van der Waals surface area contributed by atoms with Crippen molar-refractivity contribution in [2.45, 2.75) is 51.4 Å². The summed E-state index contributed by atoms with van der Waals surface area (Å²) < 4.78 is 41.2. The molecule has 0 fully saturated rings. The van der Waals surface area contributed by atoms with Crippen LogP contribution in [-0.2, 0) is 30.3 Å². The molecule has 2 aliphatic rings. The molecule has 12 heteroatoms. The van der Waals surface area contributed by atoms with Crippen LogP contribution in [-0.4, -0.2) is 47.9 Å². The molecule has 2 aromatic rings. The quantitative estimate of drug-likeness (QED) is 0.0352. The topological polar surface area (TPSA) is 102 Å². The number of hydrogen-bond acceptors (Lipinski definition) is 7. The van der Waals surface area contributed by atoms with E-state index >= 15 is 0 Å². The van der Waals surface area contributed by atoms with Crippen molar-refractivity contribution in [2.75, 3.05) is 29.5 Å². The number of nitrogens with zero attached hydrogens (tertiary/aromatic N) is 2. The Morgan fingerprint density at radius 2 is 1.70 bits per heavy atom. The smallest absolute Gasteiger partial charge is 0.264 e. The number of rotatable bonds is 13. The van der Waals surface area contributed by atoms with Gasteiger partial charge in [-0.05, 0) is 107 Å². The van der Waals surface area contributed by atoms with Crippen LogP contribution in [0.15, 0.2) is 72.5 Å². The van der Waals surface area contributed by atoms with Crippen LogP contribution in [0.4, 0.5) is 11.4 Å². The van der Waals surface area contributed by atoms with Crippen LogP contribution < -0.4 is 10.2 Å². The Hall–Kier alpha value is -1.27. The molecule has 43 heavy (non-hydrogen) atoms. The molecule has 0 bridgehead atoms. The predicted molar refractivity (Wildman–Crippen MR) is 188 cm³/mol. The van der Waals surface area contributed by atoms with Gasteiger partial charge in [0.15, 0.2) is 5.71 Å². The molecule has 0 amide bonds. The highest BCUT2D eigenvalue weighted by molar-refractivity contribution is 14.1. The van der Waals surface area contributed by atoms with E-state index in [0.717, 1.165) is 40.0 Å². The monoisotopic (exact) mass is 850 g/mol. The van der Waals surface area contributed by atoms with Crippen LogP contribution in [0.5, 0.6) is 0 Å². The van der Waals surface area contributed by atoms with E-state index in [4.69, 9.17) is 0 Å². The summed E-state index contributed by atoms with van der Waals surface area (Å²) >= 11 is 5.67.